The molecule has 0 amide bonds. The first kappa shape index (κ1) is 19.7. The summed E-state index contributed by atoms with van der Waals surface area (Å²) in [4.78, 5) is 0. The molecule has 150 valence electrons. The zero-order chi connectivity index (χ0) is 20.2. The number of ether oxygens (including phenoxy) is 4. The van der Waals surface area contributed by atoms with Crippen molar-refractivity contribution >= 4 is 33.2 Å². The van der Waals surface area contributed by atoms with Crippen LogP contribution in [0, 0.1) is 0 Å². The Morgan fingerprint density at radius 2 is 1.83 bits per heavy atom. The van der Waals surface area contributed by atoms with Gasteiger partial charge in [-0.05, 0) is 42.0 Å². The van der Waals surface area contributed by atoms with Crippen LogP contribution in [0.2, 0.25) is 5.02 Å². The lowest BCUT2D eigenvalue weighted by molar-refractivity contribution is 0.174. The van der Waals surface area contributed by atoms with E-state index in [0.717, 1.165) is 32.8 Å². The quantitative estimate of drug-likeness (QED) is 0.451. The molecule has 0 saturated heterocycles. The number of nitrogens with one attached hydrogen (secondary N) is 1. The monoisotopic (exact) mass is 475 g/mol. The van der Waals surface area contributed by atoms with Gasteiger partial charge in [0.2, 0.25) is 6.79 Å². The number of anilines is 1. The molecule has 4 rings (SSSR count). The summed E-state index contributed by atoms with van der Waals surface area (Å²) in [6.07, 6.45) is 0. The molecule has 5 nitrogen and oxygen atoms in total. The first-order valence-electron chi connectivity index (χ1n) is 9.00. The Balaban J connectivity index is 1.54. The predicted octanol–water partition coefficient (Wildman–Crippen LogP) is 6.03. The molecule has 3 aromatic carbocycles. The van der Waals surface area contributed by atoms with Crippen molar-refractivity contribution in [3.8, 4) is 23.0 Å². The third-order valence-electron chi connectivity index (χ3n) is 4.53. The van der Waals surface area contributed by atoms with E-state index in [4.69, 9.17) is 30.5 Å². The minimum atomic E-state index is 0.253. The Labute approximate surface area is 182 Å². The number of fused-ring (bicyclic) bond motifs is 1. The lowest BCUT2D eigenvalue weighted by Crippen LogP contribution is -2.06. The average Bonchev–Trinajstić information content (AvgIpc) is 3.20. The van der Waals surface area contributed by atoms with E-state index in [1.807, 2.05) is 54.6 Å². The van der Waals surface area contributed by atoms with Gasteiger partial charge in [-0.2, -0.15) is 0 Å². The van der Waals surface area contributed by atoms with Crippen LogP contribution in [-0.2, 0) is 13.2 Å². The molecule has 7 heteroatoms. The van der Waals surface area contributed by atoms with Gasteiger partial charge in [-0.3, -0.25) is 0 Å². The third-order valence-corrected chi connectivity index (χ3v) is 5.52. The van der Waals surface area contributed by atoms with Crippen molar-refractivity contribution in [2.45, 2.75) is 13.2 Å². The maximum absolute atomic E-state index is 6.15. The van der Waals surface area contributed by atoms with E-state index in [1.165, 1.54) is 0 Å². The minimum absolute atomic E-state index is 0.253. The molecule has 29 heavy (non-hydrogen) atoms. The molecule has 0 bridgehead atoms. The van der Waals surface area contributed by atoms with Gasteiger partial charge < -0.3 is 24.3 Å². The van der Waals surface area contributed by atoms with Crippen molar-refractivity contribution in [3.05, 3.63) is 75.2 Å². The molecule has 0 saturated carbocycles. The van der Waals surface area contributed by atoms with Gasteiger partial charge in [0.25, 0.3) is 0 Å². The Morgan fingerprint density at radius 1 is 1.03 bits per heavy atom. The molecule has 0 fully saturated rings. The Kier molecular flexibility index (Phi) is 6.02. The van der Waals surface area contributed by atoms with Gasteiger partial charge in [-0.1, -0.05) is 39.7 Å². The number of methoxy groups -OCH3 is 1. The maximum atomic E-state index is 6.15. The molecule has 1 aliphatic rings. The summed E-state index contributed by atoms with van der Waals surface area (Å²) >= 11 is 9.60. The van der Waals surface area contributed by atoms with Crippen LogP contribution in [-0.4, -0.2) is 13.9 Å². The third kappa shape index (κ3) is 4.54. The fraction of sp³-hybridized carbons (Fsp3) is 0.182. The number of benzene rings is 3. The van der Waals surface area contributed by atoms with Crippen molar-refractivity contribution in [2.75, 3.05) is 19.2 Å². The second kappa shape index (κ2) is 8.84. The summed E-state index contributed by atoms with van der Waals surface area (Å²) in [5, 5.41) is 4.11. The van der Waals surface area contributed by atoms with Crippen LogP contribution in [0.15, 0.2) is 59.1 Å². The summed E-state index contributed by atoms with van der Waals surface area (Å²) in [7, 11) is 1.63. The number of rotatable bonds is 7. The van der Waals surface area contributed by atoms with Crippen LogP contribution in [0.25, 0.3) is 0 Å². The van der Waals surface area contributed by atoms with E-state index in [9.17, 15) is 0 Å². The number of hydrogen-bond acceptors (Lipinski definition) is 5. The average molecular weight is 477 g/mol. The summed E-state index contributed by atoms with van der Waals surface area (Å²) in [6.45, 7) is 1.19. The standard InChI is InChI=1S/C22H19BrClNO4/c1-26-20-9-7-18(23)17(22(20)27-12-14-2-4-15(24)5-3-14)11-25-16-6-8-19-21(10-16)29-13-28-19/h2-10,25H,11-13H2,1H3. The second-order valence-electron chi connectivity index (χ2n) is 6.39. The lowest BCUT2D eigenvalue weighted by Gasteiger charge is -2.18. The van der Waals surface area contributed by atoms with Crippen LogP contribution in [0.3, 0.4) is 0 Å². The van der Waals surface area contributed by atoms with E-state index in [2.05, 4.69) is 21.2 Å². The molecule has 1 heterocycles. The van der Waals surface area contributed by atoms with Crippen molar-refractivity contribution in [1.29, 1.82) is 0 Å². The topological polar surface area (TPSA) is 49.0 Å². The molecule has 0 radical (unpaired) electrons. The SMILES string of the molecule is COc1ccc(Br)c(CNc2ccc3c(c2)OCO3)c1OCc1ccc(Cl)cc1. The van der Waals surface area contributed by atoms with Gasteiger partial charge in [-0.15, -0.1) is 0 Å². The number of halogens is 2. The summed E-state index contributed by atoms with van der Waals surface area (Å²) in [5.41, 5.74) is 2.90. The molecule has 1 N–H and O–H groups in total. The lowest BCUT2D eigenvalue weighted by atomic mass is 10.1. The molecule has 1 aliphatic heterocycles. The van der Waals surface area contributed by atoms with Gasteiger partial charge in [0.15, 0.2) is 23.0 Å². The zero-order valence-electron chi connectivity index (χ0n) is 15.7. The maximum Gasteiger partial charge on any atom is 0.231 e. The fourth-order valence-electron chi connectivity index (χ4n) is 3.00. The minimum Gasteiger partial charge on any atom is -0.493 e. The number of hydrogen-bond donors (Lipinski definition) is 1. The zero-order valence-corrected chi connectivity index (χ0v) is 18.0. The molecule has 0 aromatic heterocycles. The van der Waals surface area contributed by atoms with Crippen molar-refractivity contribution < 1.29 is 18.9 Å². The first-order chi connectivity index (χ1) is 14.1. The van der Waals surface area contributed by atoms with Gasteiger partial charge in [0.1, 0.15) is 6.61 Å². The molecule has 3 aromatic rings. The van der Waals surface area contributed by atoms with Gasteiger partial charge in [-0.25, -0.2) is 0 Å². The first-order valence-corrected chi connectivity index (χ1v) is 10.2. The molecule has 0 atom stereocenters. The van der Waals surface area contributed by atoms with Gasteiger partial charge in [0.05, 0.1) is 7.11 Å². The van der Waals surface area contributed by atoms with E-state index < -0.39 is 0 Å². The predicted molar refractivity (Wildman–Crippen MR) is 116 cm³/mol. The highest BCUT2D eigenvalue weighted by Gasteiger charge is 2.17. The van der Waals surface area contributed by atoms with Crippen LogP contribution in [0.4, 0.5) is 5.69 Å². The van der Waals surface area contributed by atoms with Crippen LogP contribution in [0.5, 0.6) is 23.0 Å². The molecule has 0 unspecified atom stereocenters. The van der Waals surface area contributed by atoms with Crippen LogP contribution < -0.4 is 24.3 Å². The Morgan fingerprint density at radius 3 is 2.62 bits per heavy atom. The highest BCUT2D eigenvalue weighted by molar-refractivity contribution is 9.10. The van der Waals surface area contributed by atoms with E-state index >= 15 is 0 Å². The molecule has 0 aliphatic carbocycles. The highest BCUT2D eigenvalue weighted by atomic mass is 79.9. The van der Waals surface area contributed by atoms with E-state index in [-0.39, 0.29) is 6.79 Å². The fourth-order valence-corrected chi connectivity index (χ4v) is 3.58. The van der Waals surface area contributed by atoms with E-state index in [1.54, 1.807) is 7.11 Å². The summed E-state index contributed by atoms with van der Waals surface area (Å²) in [6, 6.07) is 17.2. The Bertz CT molecular complexity index is 1010. The Hall–Kier alpha value is -2.57. The molecule has 0 spiro atoms. The highest BCUT2D eigenvalue weighted by Crippen LogP contribution is 2.38. The molecular weight excluding hydrogens is 458 g/mol. The largest absolute Gasteiger partial charge is 0.493 e. The summed E-state index contributed by atoms with van der Waals surface area (Å²) in [5.74, 6) is 2.85. The van der Waals surface area contributed by atoms with E-state index in [0.29, 0.717) is 29.7 Å². The van der Waals surface area contributed by atoms with Crippen LogP contribution >= 0.6 is 27.5 Å². The van der Waals surface area contributed by atoms with Gasteiger partial charge in [0, 0.05) is 33.4 Å². The second-order valence-corrected chi connectivity index (χ2v) is 7.68. The normalized spacial score (nSPS) is 12.0. The molecular formula is C22H19BrClNO4. The summed E-state index contributed by atoms with van der Waals surface area (Å²) < 4.78 is 23.4. The van der Waals surface area contributed by atoms with Gasteiger partial charge >= 0.3 is 0 Å². The van der Waals surface area contributed by atoms with Crippen molar-refractivity contribution in [3.63, 3.8) is 0 Å². The van der Waals surface area contributed by atoms with Crippen LogP contribution in [0.1, 0.15) is 11.1 Å². The van der Waals surface area contributed by atoms with Crippen molar-refractivity contribution in [1.82, 2.24) is 0 Å². The smallest absolute Gasteiger partial charge is 0.231 e. The van der Waals surface area contributed by atoms with Crippen molar-refractivity contribution in [2.24, 2.45) is 0 Å².